The summed E-state index contributed by atoms with van der Waals surface area (Å²) in [6, 6.07) is 10.1. The van der Waals surface area contributed by atoms with Gasteiger partial charge in [-0.25, -0.2) is 0 Å². The van der Waals surface area contributed by atoms with E-state index in [1.165, 1.54) is 11.1 Å². The van der Waals surface area contributed by atoms with E-state index in [0.717, 1.165) is 6.42 Å². The van der Waals surface area contributed by atoms with E-state index in [2.05, 4.69) is 12.1 Å². The van der Waals surface area contributed by atoms with Gasteiger partial charge in [0.15, 0.2) is 0 Å². The summed E-state index contributed by atoms with van der Waals surface area (Å²) in [5.74, 6) is 0. The van der Waals surface area contributed by atoms with E-state index >= 15 is 0 Å². The topological polar surface area (TPSA) is 9.23 Å². The van der Waals surface area contributed by atoms with Gasteiger partial charge in [0.05, 0.1) is 6.10 Å². The zero-order valence-corrected chi connectivity index (χ0v) is 8.37. The fourth-order valence-corrected chi connectivity index (χ4v) is 1.31. The van der Waals surface area contributed by atoms with Crippen LogP contribution in [0, 0.1) is 0 Å². The highest BCUT2D eigenvalue weighted by molar-refractivity contribution is 6.25. The number of halogens is 1. The van der Waals surface area contributed by atoms with Crippen molar-refractivity contribution in [2.45, 2.75) is 12.5 Å². The maximum Gasteiger partial charge on any atom is 0.0855 e. The van der Waals surface area contributed by atoms with Gasteiger partial charge in [0.25, 0.3) is 0 Å². The summed E-state index contributed by atoms with van der Waals surface area (Å²) in [7, 11) is 1.71. The molecule has 0 amide bonds. The minimum atomic E-state index is 0.108. The third kappa shape index (κ3) is 3.21. The van der Waals surface area contributed by atoms with E-state index in [4.69, 9.17) is 16.3 Å². The summed E-state index contributed by atoms with van der Waals surface area (Å²) < 4.78 is 5.33. The molecule has 1 unspecified atom stereocenters. The highest BCUT2D eigenvalue weighted by atomic mass is 35.5. The summed E-state index contributed by atoms with van der Waals surface area (Å²) in [5.41, 5.74) is 2.70. The van der Waals surface area contributed by atoms with Gasteiger partial charge in [0.2, 0.25) is 0 Å². The van der Waals surface area contributed by atoms with Crippen LogP contribution in [0.2, 0.25) is 0 Å². The van der Waals surface area contributed by atoms with Crippen LogP contribution in [0.5, 0.6) is 0 Å². The Kier molecular flexibility index (Phi) is 4.58. The Bertz CT molecular complexity index is 256. The number of methoxy groups -OCH3 is 1. The van der Waals surface area contributed by atoms with Crippen LogP contribution >= 0.6 is 11.6 Å². The molecule has 1 rings (SSSR count). The monoisotopic (exact) mass is 196 g/mol. The molecule has 1 aromatic rings. The van der Waals surface area contributed by atoms with Crippen molar-refractivity contribution in [2.75, 3.05) is 7.11 Å². The largest absolute Gasteiger partial charge is 0.376 e. The molecular formula is C11H13ClO. The van der Waals surface area contributed by atoms with E-state index in [0.29, 0.717) is 0 Å². The van der Waals surface area contributed by atoms with Crippen LogP contribution in [0.15, 0.2) is 41.9 Å². The number of benzene rings is 1. The first-order chi connectivity index (χ1) is 6.38. The Morgan fingerprint density at radius 3 is 2.62 bits per heavy atom. The summed E-state index contributed by atoms with van der Waals surface area (Å²) in [5, 5.41) is 0. The molecule has 13 heavy (non-hydrogen) atoms. The van der Waals surface area contributed by atoms with Gasteiger partial charge < -0.3 is 4.74 Å². The third-order valence-corrected chi connectivity index (χ3v) is 2.07. The van der Waals surface area contributed by atoms with Crippen LogP contribution in [-0.2, 0) is 4.74 Å². The standard InChI is InChI=1S/C11H13ClO/c1-13-11(8-5-9-12)10-6-3-2-4-7-10/h2-7,9,11H,8H2,1H3/b9-5-. The van der Waals surface area contributed by atoms with Gasteiger partial charge in [0, 0.05) is 12.6 Å². The normalized spacial score (nSPS) is 13.4. The molecule has 0 aliphatic heterocycles. The molecule has 70 valence electrons. The van der Waals surface area contributed by atoms with Crippen molar-refractivity contribution in [1.29, 1.82) is 0 Å². The van der Waals surface area contributed by atoms with Gasteiger partial charge in [0.1, 0.15) is 0 Å². The minimum Gasteiger partial charge on any atom is -0.376 e. The Labute approximate surface area is 84.0 Å². The SMILES string of the molecule is COC(C/C=C\Cl)c1ccccc1. The Balaban J connectivity index is 2.67. The van der Waals surface area contributed by atoms with Crippen LogP contribution in [0.25, 0.3) is 0 Å². The highest BCUT2D eigenvalue weighted by Crippen LogP contribution is 2.20. The summed E-state index contributed by atoms with van der Waals surface area (Å²) in [6.45, 7) is 0. The summed E-state index contributed by atoms with van der Waals surface area (Å²) >= 11 is 5.45. The molecule has 2 heteroatoms. The van der Waals surface area contributed by atoms with Crippen molar-refractivity contribution in [3.05, 3.63) is 47.5 Å². The zero-order valence-electron chi connectivity index (χ0n) is 7.61. The fourth-order valence-electron chi connectivity index (χ4n) is 1.21. The molecule has 1 nitrogen and oxygen atoms in total. The van der Waals surface area contributed by atoms with Gasteiger partial charge >= 0.3 is 0 Å². The molecule has 0 N–H and O–H groups in total. The van der Waals surface area contributed by atoms with E-state index in [1.807, 2.05) is 24.3 Å². The molecular weight excluding hydrogens is 184 g/mol. The van der Waals surface area contributed by atoms with Crippen molar-refractivity contribution >= 4 is 11.6 Å². The molecule has 0 spiro atoms. The highest BCUT2D eigenvalue weighted by Gasteiger charge is 2.06. The predicted molar refractivity (Wildman–Crippen MR) is 55.8 cm³/mol. The lowest BCUT2D eigenvalue weighted by Gasteiger charge is -2.12. The maximum atomic E-state index is 5.45. The van der Waals surface area contributed by atoms with E-state index in [1.54, 1.807) is 7.11 Å². The van der Waals surface area contributed by atoms with E-state index < -0.39 is 0 Å². The first-order valence-corrected chi connectivity index (χ1v) is 4.65. The van der Waals surface area contributed by atoms with Crippen molar-refractivity contribution < 1.29 is 4.74 Å². The summed E-state index contributed by atoms with van der Waals surface area (Å²) in [6.07, 6.45) is 2.81. The van der Waals surface area contributed by atoms with Crippen LogP contribution in [0.3, 0.4) is 0 Å². The smallest absolute Gasteiger partial charge is 0.0855 e. The van der Waals surface area contributed by atoms with Crippen molar-refractivity contribution in [1.82, 2.24) is 0 Å². The molecule has 1 aromatic carbocycles. The van der Waals surface area contributed by atoms with Gasteiger partial charge in [-0.15, -0.1) is 0 Å². The second kappa shape index (κ2) is 5.79. The molecule has 0 aliphatic carbocycles. The fraction of sp³-hybridized carbons (Fsp3) is 0.273. The van der Waals surface area contributed by atoms with Crippen molar-refractivity contribution in [2.24, 2.45) is 0 Å². The predicted octanol–water partition coefficient (Wildman–Crippen LogP) is 3.52. The lowest BCUT2D eigenvalue weighted by Crippen LogP contribution is -1.99. The van der Waals surface area contributed by atoms with Gasteiger partial charge in [-0.3, -0.25) is 0 Å². The Morgan fingerprint density at radius 1 is 1.38 bits per heavy atom. The lowest BCUT2D eigenvalue weighted by molar-refractivity contribution is 0.106. The molecule has 0 radical (unpaired) electrons. The van der Waals surface area contributed by atoms with Crippen molar-refractivity contribution in [3.8, 4) is 0 Å². The van der Waals surface area contributed by atoms with Crippen LogP contribution in [0.4, 0.5) is 0 Å². The molecule has 0 saturated carbocycles. The van der Waals surface area contributed by atoms with Crippen LogP contribution in [-0.4, -0.2) is 7.11 Å². The van der Waals surface area contributed by atoms with Gasteiger partial charge in [-0.1, -0.05) is 48.0 Å². The van der Waals surface area contributed by atoms with Gasteiger partial charge in [-0.05, 0) is 12.0 Å². The molecule has 0 fully saturated rings. The molecule has 0 heterocycles. The molecule has 0 aliphatic rings. The minimum absolute atomic E-state index is 0.108. The molecule has 0 aromatic heterocycles. The zero-order chi connectivity index (χ0) is 9.52. The summed E-state index contributed by atoms with van der Waals surface area (Å²) in [4.78, 5) is 0. The average Bonchev–Trinajstić information content (AvgIpc) is 2.21. The first kappa shape index (κ1) is 10.3. The van der Waals surface area contributed by atoms with Crippen molar-refractivity contribution in [3.63, 3.8) is 0 Å². The average molecular weight is 197 g/mol. The van der Waals surface area contributed by atoms with E-state index in [-0.39, 0.29) is 6.10 Å². The number of hydrogen-bond acceptors (Lipinski definition) is 1. The second-order valence-electron chi connectivity index (χ2n) is 2.73. The van der Waals surface area contributed by atoms with Gasteiger partial charge in [-0.2, -0.15) is 0 Å². The number of ether oxygens (including phenoxy) is 1. The number of rotatable bonds is 4. The quantitative estimate of drug-likeness (QED) is 0.716. The van der Waals surface area contributed by atoms with Crippen LogP contribution < -0.4 is 0 Å². The number of hydrogen-bond donors (Lipinski definition) is 0. The lowest BCUT2D eigenvalue weighted by atomic mass is 10.1. The van der Waals surface area contributed by atoms with Crippen LogP contribution in [0.1, 0.15) is 18.1 Å². The second-order valence-corrected chi connectivity index (χ2v) is 2.98. The molecule has 1 atom stereocenters. The maximum absolute atomic E-state index is 5.45. The Morgan fingerprint density at radius 2 is 2.08 bits per heavy atom. The molecule has 0 saturated heterocycles. The molecule has 0 bridgehead atoms. The first-order valence-electron chi connectivity index (χ1n) is 4.21. The van der Waals surface area contributed by atoms with E-state index in [9.17, 15) is 0 Å². The third-order valence-electron chi connectivity index (χ3n) is 1.90. The Hall–Kier alpha value is -0.790.